The highest BCUT2D eigenvalue weighted by molar-refractivity contribution is 6.08. The second-order valence-electron chi connectivity index (χ2n) is 8.98. The van der Waals surface area contributed by atoms with Crippen LogP contribution in [0.25, 0.3) is 32.9 Å². The molecular weight excluding hydrogens is 500 g/mol. The molecule has 0 spiro atoms. The normalized spacial score (nSPS) is 10.4. The van der Waals surface area contributed by atoms with E-state index in [4.69, 9.17) is 11.5 Å². The fourth-order valence-corrected chi connectivity index (χ4v) is 4.35. The first-order chi connectivity index (χ1) is 19.4. The summed E-state index contributed by atoms with van der Waals surface area (Å²) in [6.07, 6.45) is 9.46. The van der Waals surface area contributed by atoms with Gasteiger partial charge in [0, 0.05) is 36.4 Å². The van der Waals surface area contributed by atoms with Gasteiger partial charge in [0.15, 0.2) is 0 Å². The van der Waals surface area contributed by atoms with E-state index in [-0.39, 0.29) is 11.4 Å². The molecule has 1 amide bonds. The monoisotopic (exact) mass is 526 g/mol. The van der Waals surface area contributed by atoms with Gasteiger partial charge in [-0.2, -0.15) is 15.3 Å². The predicted molar refractivity (Wildman–Crippen MR) is 156 cm³/mol. The van der Waals surface area contributed by atoms with Gasteiger partial charge in [-0.15, -0.1) is 0 Å². The molecule has 2 aromatic carbocycles. The molecule has 6 rings (SSSR count). The third kappa shape index (κ3) is 5.47. The van der Waals surface area contributed by atoms with Gasteiger partial charge < -0.3 is 11.5 Å². The van der Waals surface area contributed by atoms with Crippen LogP contribution in [0.3, 0.4) is 0 Å². The summed E-state index contributed by atoms with van der Waals surface area (Å²) in [6, 6.07) is 18.3. The number of pyridine rings is 2. The van der Waals surface area contributed by atoms with Crippen molar-refractivity contribution < 1.29 is 4.79 Å². The molecule has 0 saturated heterocycles. The number of carbonyl (C=O) groups is 1. The number of aromatic nitrogens is 6. The molecule has 0 unspecified atom stereocenters. The zero-order chi connectivity index (χ0) is 28.1. The van der Waals surface area contributed by atoms with Crippen LogP contribution in [0, 0.1) is 11.8 Å². The first-order valence-corrected chi connectivity index (χ1v) is 12.6. The molecular formula is C31H26N8O. The van der Waals surface area contributed by atoms with Gasteiger partial charge in [-0.05, 0) is 47.4 Å². The minimum absolute atomic E-state index is 0.115. The van der Waals surface area contributed by atoms with Crippen LogP contribution in [0.1, 0.15) is 34.0 Å². The van der Waals surface area contributed by atoms with Crippen molar-refractivity contribution in [2.75, 3.05) is 5.73 Å². The molecule has 4 aromatic heterocycles. The second kappa shape index (κ2) is 11.4. The molecule has 9 nitrogen and oxygen atoms in total. The van der Waals surface area contributed by atoms with Crippen molar-refractivity contribution >= 4 is 33.5 Å². The number of primary amides is 1. The van der Waals surface area contributed by atoms with Crippen molar-refractivity contribution in [3.8, 4) is 23.0 Å². The van der Waals surface area contributed by atoms with Crippen LogP contribution in [-0.2, 0) is 13.5 Å². The van der Waals surface area contributed by atoms with E-state index in [0.29, 0.717) is 5.52 Å². The highest BCUT2D eigenvalue weighted by Gasteiger charge is 2.12. The Kier molecular flexibility index (Phi) is 7.42. The van der Waals surface area contributed by atoms with Crippen molar-refractivity contribution in [3.05, 3.63) is 108 Å². The summed E-state index contributed by atoms with van der Waals surface area (Å²) in [5, 5.41) is 14.4. The van der Waals surface area contributed by atoms with E-state index in [0.717, 1.165) is 33.8 Å². The molecule has 0 aliphatic carbocycles. The number of aryl methyl sites for hydroxylation is 2. The maximum absolute atomic E-state index is 11.1. The van der Waals surface area contributed by atoms with Crippen LogP contribution >= 0.6 is 0 Å². The second-order valence-corrected chi connectivity index (χ2v) is 8.98. The van der Waals surface area contributed by atoms with E-state index in [1.165, 1.54) is 16.7 Å². The highest BCUT2D eigenvalue weighted by atomic mass is 16.1. The first kappa shape index (κ1) is 26.0. The van der Waals surface area contributed by atoms with Gasteiger partial charge in [-0.25, -0.2) is 4.98 Å². The maximum Gasteiger partial charge on any atom is 0.254 e. The minimum Gasteiger partial charge on any atom is -0.383 e. The Morgan fingerprint density at radius 2 is 1.82 bits per heavy atom. The molecule has 0 bridgehead atoms. The number of carbonyl (C=O) groups excluding carboxylic acids is 1. The fourth-order valence-electron chi connectivity index (χ4n) is 4.35. The molecule has 9 heteroatoms. The molecule has 196 valence electrons. The number of nitrogens with two attached hydrogens (primary N) is 2. The molecule has 4 heterocycles. The Balaban J connectivity index is 0.000000194. The Bertz CT molecular complexity index is 1900. The van der Waals surface area contributed by atoms with Gasteiger partial charge in [-0.1, -0.05) is 49.1 Å². The van der Waals surface area contributed by atoms with Gasteiger partial charge >= 0.3 is 0 Å². The van der Waals surface area contributed by atoms with E-state index in [1.54, 1.807) is 41.6 Å². The summed E-state index contributed by atoms with van der Waals surface area (Å²) in [5.74, 6) is 5.89. The number of nitrogens with zero attached hydrogens (tertiary/aromatic N) is 6. The van der Waals surface area contributed by atoms with Crippen molar-refractivity contribution in [1.29, 1.82) is 0 Å². The summed E-state index contributed by atoms with van der Waals surface area (Å²) in [4.78, 5) is 19.0. The smallest absolute Gasteiger partial charge is 0.254 e. The molecule has 0 aliphatic rings. The highest BCUT2D eigenvalue weighted by Crippen LogP contribution is 2.29. The van der Waals surface area contributed by atoms with Gasteiger partial charge in [0.25, 0.3) is 5.91 Å². The van der Waals surface area contributed by atoms with Crippen LogP contribution in [0.15, 0.2) is 85.6 Å². The lowest BCUT2D eigenvalue weighted by Gasteiger charge is -2.10. The molecule has 0 aliphatic heterocycles. The van der Waals surface area contributed by atoms with E-state index in [2.05, 4.69) is 80.4 Å². The number of hydrogen-bond donors (Lipinski definition) is 2. The van der Waals surface area contributed by atoms with Gasteiger partial charge in [-0.3, -0.25) is 14.5 Å². The summed E-state index contributed by atoms with van der Waals surface area (Å²) < 4.78 is 1.74. The van der Waals surface area contributed by atoms with Crippen molar-refractivity contribution in [2.45, 2.75) is 13.3 Å². The lowest BCUT2D eigenvalue weighted by molar-refractivity contribution is 0.100. The Morgan fingerprint density at radius 1 is 1.00 bits per heavy atom. The summed E-state index contributed by atoms with van der Waals surface area (Å²) >= 11 is 0. The number of fused-ring (bicyclic) bond motifs is 2. The quantitative estimate of drug-likeness (QED) is 0.328. The van der Waals surface area contributed by atoms with Crippen molar-refractivity contribution in [1.82, 2.24) is 29.9 Å². The van der Waals surface area contributed by atoms with E-state index in [9.17, 15) is 4.79 Å². The molecule has 0 atom stereocenters. The van der Waals surface area contributed by atoms with Gasteiger partial charge in [0.1, 0.15) is 11.4 Å². The number of hydrogen-bond acceptors (Lipinski definition) is 7. The van der Waals surface area contributed by atoms with Crippen LogP contribution < -0.4 is 11.5 Å². The number of nitrogen functional groups attached to an aromatic ring is 1. The Labute approximate surface area is 230 Å². The molecule has 40 heavy (non-hydrogen) atoms. The van der Waals surface area contributed by atoms with Crippen molar-refractivity contribution in [2.24, 2.45) is 12.8 Å². The summed E-state index contributed by atoms with van der Waals surface area (Å²) in [7, 11) is 1.88. The van der Waals surface area contributed by atoms with Gasteiger partial charge in [0.2, 0.25) is 0 Å². The summed E-state index contributed by atoms with van der Waals surface area (Å²) in [6.45, 7) is 2.16. The number of amides is 1. The van der Waals surface area contributed by atoms with E-state index < -0.39 is 5.91 Å². The predicted octanol–water partition coefficient (Wildman–Crippen LogP) is 4.30. The van der Waals surface area contributed by atoms with Gasteiger partial charge in [0.05, 0.1) is 34.6 Å². The van der Waals surface area contributed by atoms with Crippen LogP contribution in [0.5, 0.6) is 0 Å². The third-order valence-electron chi connectivity index (χ3n) is 6.30. The molecule has 4 N–H and O–H groups in total. The molecule has 0 radical (unpaired) electrons. The maximum atomic E-state index is 11.1. The SMILES string of the molecule is CCc1cc2nncc(C#Cc3cnn(C)c3)c2cc1-c1ccccc1.NC(=O)c1c(N)ncc2cccnc12. The Hall–Kier alpha value is -5.62. The number of benzene rings is 2. The molecule has 6 aromatic rings. The van der Waals surface area contributed by atoms with Crippen LogP contribution in [0.4, 0.5) is 5.82 Å². The standard InChI is InChI=1S/C22H18N4.C9H8N4O/c1-3-17-11-22-21(12-20(17)18-7-5-4-6-8-18)19(14-23-25-22)10-9-16-13-24-26(2)15-16;10-8-6(9(11)14)7-5(4-13-8)2-1-3-12-7/h4-8,11-15H,3H2,1-2H3;1-4H,(H2,10,13)(H2,11,14). The van der Waals surface area contributed by atoms with Crippen LogP contribution in [-0.4, -0.2) is 35.9 Å². The van der Waals surface area contributed by atoms with E-state index >= 15 is 0 Å². The average molecular weight is 527 g/mol. The molecule has 0 saturated carbocycles. The number of anilines is 1. The van der Waals surface area contributed by atoms with Crippen LogP contribution in [0.2, 0.25) is 0 Å². The summed E-state index contributed by atoms with van der Waals surface area (Å²) in [5.41, 5.74) is 17.7. The van der Waals surface area contributed by atoms with Crippen molar-refractivity contribution in [3.63, 3.8) is 0 Å². The zero-order valence-corrected chi connectivity index (χ0v) is 22.0. The fraction of sp³-hybridized carbons (Fsp3) is 0.0968. The zero-order valence-electron chi connectivity index (χ0n) is 22.0. The minimum atomic E-state index is -0.612. The molecule has 0 fully saturated rings. The lowest BCUT2D eigenvalue weighted by atomic mass is 9.95. The van der Waals surface area contributed by atoms with E-state index in [1.807, 2.05) is 19.3 Å². The number of rotatable bonds is 3. The Morgan fingerprint density at radius 3 is 2.55 bits per heavy atom. The lowest BCUT2D eigenvalue weighted by Crippen LogP contribution is -2.15. The topological polar surface area (TPSA) is 138 Å². The first-order valence-electron chi connectivity index (χ1n) is 12.6. The third-order valence-corrected chi connectivity index (χ3v) is 6.30. The largest absolute Gasteiger partial charge is 0.383 e. The average Bonchev–Trinajstić information content (AvgIpc) is 3.40.